The molecule has 0 aromatic heterocycles. The number of fused-ring (bicyclic) bond motifs is 1. The molecular weight excluding hydrogens is 480 g/mol. The van der Waals surface area contributed by atoms with Crippen LogP contribution in [0.4, 0.5) is 0 Å². The van der Waals surface area contributed by atoms with Crippen molar-refractivity contribution in [2.45, 2.75) is 115 Å². The average molecular weight is 535 g/mol. The molecule has 3 aliphatic rings. The lowest BCUT2D eigenvalue weighted by atomic mass is 9.63. The molecule has 0 saturated heterocycles. The smallest absolute Gasteiger partial charge is 0.0646 e. The van der Waals surface area contributed by atoms with E-state index < -0.39 is 0 Å². The maximum absolute atomic E-state index is 9.51. The molecule has 1 saturated carbocycles. The first-order valence-electron chi connectivity index (χ1n) is 15.8. The molecule has 1 heterocycles. The minimum absolute atomic E-state index is 0.162. The molecule has 2 aliphatic carbocycles. The number of hydrogen-bond donors (Lipinski definition) is 3. The highest BCUT2D eigenvalue weighted by Crippen LogP contribution is 2.46. The molecule has 1 fully saturated rings. The maximum Gasteiger partial charge on any atom is 0.0646 e. The van der Waals surface area contributed by atoms with Crippen LogP contribution in [0.1, 0.15) is 115 Å². The Kier molecular flexibility index (Phi) is 10.6. The number of nitrogens with zero attached hydrogens (tertiary/aromatic N) is 1. The predicted molar refractivity (Wildman–Crippen MR) is 165 cm³/mol. The summed E-state index contributed by atoms with van der Waals surface area (Å²) >= 11 is 0. The van der Waals surface area contributed by atoms with Gasteiger partial charge in [0, 0.05) is 25.8 Å². The Morgan fingerprint density at radius 3 is 2.49 bits per heavy atom. The van der Waals surface area contributed by atoms with E-state index in [9.17, 15) is 10.2 Å². The normalized spacial score (nSPS) is 27.9. The topological polar surface area (TPSA) is 64.9 Å². The van der Waals surface area contributed by atoms with Crippen molar-refractivity contribution in [2.24, 2.45) is 16.8 Å². The molecule has 4 nitrogen and oxygen atoms in total. The molecule has 39 heavy (non-hydrogen) atoms. The van der Waals surface area contributed by atoms with Crippen LogP contribution < -0.4 is 5.32 Å². The summed E-state index contributed by atoms with van der Waals surface area (Å²) in [5, 5.41) is 22.4. The van der Waals surface area contributed by atoms with Crippen LogP contribution >= 0.6 is 0 Å². The number of hydrogen-bond acceptors (Lipinski definition) is 4. The molecule has 1 aromatic rings. The first kappa shape index (κ1) is 30.2. The summed E-state index contributed by atoms with van der Waals surface area (Å²) < 4.78 is 0. The largest absolute Gasteiger partial charge is 0.396 e. The first-order chi connectivity index (χ1) is 18.7. The lowest BCUT2D eigenvalue weighted by molar-refractivity contribution is 0.175. The summed E-state index contributed by atoms with van der Waals surface area (Å²) in [5.74, 6) is 0.864. The van der Waals surface area contributed by atoms with Gasteiger partial charge in [0.15, 0.2) is 0 Å². The van der Waals surface area contributed by atoms with Crippen molar-refractivity contribution in [1.29, 1.82) is 0 Å². The molecule has 4 rings (SSSR count). The van der Waals surface area contributed by atoms with Crippen LogP contribution in [0.3, 0.4) is 0 Å². The Balaban J connectivity index is 1.38. The van der Waals surface area contributed by atoms with Gasteiger partial charge in [-0.2, -0.15) is 0 Å². The minimum Gasteiger partial charge on any atom is -0.396 e. The fraction of sp³-hybridized carbons (Fsp3) is 0.686. The van der Waals surface area contributed by atoms with Crippen LogP contribution in [-0.4, -0.2) is 48.3 Å². The lowest BCUT2D eigenvalue weighted by Crippen LogP contribution is -2.34. The van der Waals surface area contributed by atoms with Crippen LogP contribution in [0.2, 0.25) is 0 Å². The molecule has 0 radical (unpaired) electrons. The number of rotatable bonds is 9. The minimum atomic E-state index is 0.162. The standard InChI is InChI=1S/C35H54N2O2/c1-34(2)19-20-35(3,4)32-24-29(13-15-31(32)34)33-11-7-9-28(17-22-37-33)27-8-5-6-10-30(14-12-27)36-21-16-26(25-39)18-23-38/h7,9,11,13,15,24,26-27,30,36,38-39H,5-6,8,10,12,14,16-23,25H2,1-4H3/b11-7-,28-9+,37-33?. The van der Waals surface area contributed by atoms with Gasteiger partial charge in [-0.1, -0.05) is 70.4 Å². The third kappa shape index (κ3) is 7.93. The van der Waals surface area contributed by atoms with E-state index in [4.69, 9.17) is 4.99 Å². The second-order valence-corrected chi connectivity index (χ2v) is 13.7. The molecule has 3 N–H and O–H groups in total. The summed E-state index contributed by atoms with van der Waals surface area (Å²) in [6.07, 6.45) is 19.6. The van der Waals surface area contributed by atoms with Gasteiger partial charge in [-0.3, -0.25) is 4.99 Å². The number of allylic oxidation sites excluding steroid dienone is 3. The molecule has 1 aliphatic heterocycles. The van der Waals surface area contributed by atoms with E-state index in [1.165, 1.54) is 68.1 Å². The molecule has 1 aromatic carbocycles. The zero-order valence-electron chi connectivity index (χ0n) is 25.1. The number of aliphatic hydroxyl groups excluding tert-OH is 2. The molecule has 0 spiro atoms. The van der Waals surface area contributed by atoms with Crippen molar-refractivity contribution in [3.63, 3.8) is 0 Å². The quantitative estimate of drug-likeness (QED) is 0.319. The summed E-state index contributed by atoms with van der Waals surface area (Å²) in [4.78, 5) is 5.11. The van der Waals surface area contributed by atoms with Gasteiger partial charge in [-0.05, 0) is 116 Å². The van der Waals surface area contributed by atoms with Crippen molar-refractivity contribution in [1.82, 2.24) is 5.32 Å². The van der Waals surface area contributed by atoms with Crippen molar-refractivity contribution in [3.8, 4) is 0 Å². The Hall–Kier alpha value is -1.75. The van der Waals surface area contributed by atoms with Gasteiger partial charge in [-0.15, -0.1) is 0 Å². The van der Waals surface area contributed by atoms with E-state index in [-0.39, 0.29) is 30.0 Å². The third-order valence-corrected chi connectivity index (χ3v) is 9.92. The Bertz CT molecular complexity index is 1040. The fourth-order valence-electron chi connectivity index (χ4n) is 7.03. The number of nitrogens with one attached hydrogen (secondary N) is 1. The highest BCUT2D eigenvalue weighted by molar-refractivity contribution is 6.09. The predicted octanol–water partition coefficient (Wildman–Crippen LogP) is 7.02. The van der Waals surface area contributed by atoms with Crippen LogP contribution in [0.5, 0.6) is 0 Å². The van der Waals surface area contributed by atoms with Gasteiger partial charge >= 0.3 is 0 Å². The highest BCUT2D eigenvalue weighted by atomic mass is 16.3. The summed E-state index contributed by atoms with van der Waals surface area (Å²) in [6.45, 7) is 11.7. The molecule has 4 heteroatoms. The van der Waals surface area contributed by atoms with Gasteiger partial charge < -0.3 is 15.5 Å². The molecule has 0 amide bonds. The fourth-order valence-corrected chi connectivity index (χ4v) is 7.03. The Labute approximate surface area is 238 Å². The van der Waals surface area contributed by atoms with E-state index in [2.05, 4.69) is 69.4 Å². The van der Waals surface area contributed by atoms with E-state index in [0.29, 0.717) is 18.4 Å². The first-order valence-corrected chi connectivity index (χ1v) is 15.8. The molecule has 3 unspecified atom stereocenters. The van der Waals surface area contributed by atoms with Crippen LogP contribution in [-0.2, 0) is 10.8 Å². The second-order valence-electron chi connectivity index (χ2n) is 13.7. The van der Waals surface area contributed by atoms with Crippen molar-refractivity contribution < 1.29 is 10.2 Å². The van der Waals surface area contributed by atoms with Crippen molar-refractivity contribution in [3.05, 3.63) is 58.7 Å². The summed E-state index contributed by atoms with van der Waals surface area (Å²) in [7, 11) is 0. The highest BCUT2D eigenvalue weighted by Gasteiger charge is 2.37. The number of aliphatic imine (C=N–C) groups is 1. The van der Waals surface area contributed by atoms with E-state index in [1.807, 2.05) is 0 Å². The van der Waals surface area contributed by atoms with Crippen LogP contribution in [0, 0.1) is 11.8 Å². The van der Waals surface area contributed by atoms with Crippen molar-refractivity contribution >= 4 is 5.71 Å². The molecular formula is C35H54N2O2. The van der Waals surface area contributed by atoms with Gasteiger partial charge in [0.25, 0.3) is 0 Å². The molecule has 216 valence electrons. The summed E-state index contributed by atoms with van der Waals surface area (Å²) in [5.41, 5.74) is 7.43. The van der Waals surface area contributed by atoms with Crippen molar-refractivity contribution in [2.75, 3.05) is 26.3 Å². The van der Waals surface area contributed by atoms with Gasteiger partial charge in [0.05, 0.1) is 5.71 Å². The number of aliphatic hydroxyl groups is 2. The SMILES string of the molecule is CC1(C)CCC(C)(C)c2cc(C3=NCC/C(C4CCCCC(NCCC(CO)CCO)CC4)=C\C=C/3)ccc21. The van der Waals surface area contributed by atoms with E-state index in [0.717, 1.165) is 31.6 Å². The number of benzene rings is 1. The maximum atomic E-state index is 9.51. The summed E-state index contributed by atoms with van der Waals surface area (Å²) in [6, 6.07) is 7.66. The van der Waals surface area contributed by atoms with Crippen LogP contribution in [0.15, 0.2) is 47.0 Å². The lowest BCUT2D eigenvalue weighted by Gasteiger charge is -2.42. The molecule has 0 bridgehead atoms. The van der Waals surface area contributed by atoms with Gasteiger partial charge in [-0.25, -0.2) is 0 Å². The van der Waals surface area contributed by atoms with Crippen LogP contribution in [0.25, 0.3) is 0 Å². The Morgan fingerprint density at radius 2 is 1.72 bits per heavy atom. The van der Waals surface area contributed by atoms with Gasteiger partial charge in [0.2, 0.25) is 0 Å². The average Bonchev–Trinajstić information content (AvgIpc) is 2.88. The zero-order chi connectivity index (χ0) is 27.9. The Morgan fingerprint density at radius 1 is 0.949 bits per heavy atom. The molecule has 3 atom stereocenters. The second kappa shape index (κ2) is 13.7. The van der Waals surface area contributed by atoms with E-state index >= 15 is 0 Å². The monoisotopic (exact) mass is 534 g/mol. The third-order valence-electron chi connectivity index (χ3n) is 9.92. The zero-order valence-corrected chi connectivity index (χ0v) is 25.1. The van der Waals surface area contributed by atoms with Gasteiger partial charge in [0.1, 0.15) is 0 Å². The van der Waals surface area contributed by atoms with E-state index in [1.54, 1.807) is 5.57 Å².